The van der Waals surface area contributed by atoms with Crippen molar-refractivity contribution in [3.63, 3.8) is 0 Å². The fraction of sp³-hybridized carbons (Fsp3) is 0.905. The fourth-order valence-electron chi connectivity index (χ4n) is 6.03. The topological polar surface area (TPSA) is 18.5 Å². The maximum absolute atomic E-state index is 6.32. The van der Waals surface area contributed by atoms with Crippen molar-refractivity contribution in [3.8, 4) is 0 Å². The summed E-state index contributed by atoms with van der Waals surface area (Å²) in [5.41, 5.74) is 0. The van der Waals surface area contributed by atoms with Crippen molar-refractivity contribution < 1.29 is 14.0 Å². The fourth-order valence-corrected chi connectivity index (χ4v) is 6.03. The van der Waals surface area contributed by atoms with Crippen LogP contribution in [-0.2, 0) is 9.47 Å². The van der Waals surface area contributed by atoms with Gasteiger partial charge in [0.25, 0.3) is 0 Å². The van der Waals surface area contributed by atoms with Gasteiger partial charge in [-0.1, -0.05) is 154 Å². The smallest absolute Gasteiger partial charge is 0.130 e. The van der Waals surface area contributed by atoms with Gasteiger partial charge in [0.2, 0.25) is 0 Å². The summed E-state index contributed by atoms with van der Waals surface area (Å²) < 4.78 is 13.3. The van der Waals surface area contributed by atoms with Gasteiger partial charge >= 0.3 is 0 Å². The molecule has 0 aliphatic heterocycles. The third-order valence-electron chi connectivity index (χ3n) is 8.87. The summed E-state index contributed by atoms with van der Waals surface area (Å²) in [5.74, 6) is 0. The molecule has 0 saturated heterocycles. The molecule has 3 heteroatoms. The lowest BCUT2D eigenvalue weighted by molar-refractivity contribution is -0.873. The highest BCUT2D eigenvalue weighted by Gasteiger charge is 2.19. The highest BCUT2D eigenvalue weighted by atomic mass is 16.5. The van der Waals surface area contributed by atoms with Crippen LogP contribution in [0, 0.1) is 0 Å². The number of unbranched alkanes of at least 4 members (excludes halogenated alkanes) is 24. The van der Waals surface area contributed by atoms with Crippen molar-refractivity contribution in [1.82, 2.24) is 0 Å². The van der Waals surface area contributed by atoms with Crippen LogP contribution in [0.3, 0.4) is 0 Å². The first kappa shape index (κ1) is 44.4. The SMILES string of the molecule is CCCCCCCC/C=C\CCCCCCCCOC[C@@H](C[N+](C)(C)C)OCCCCCCCC/C=C\CCCCCCCC. The highest BCUT2D eigenvalue weighted by Crippen LogP contribution is 2.12. The van der Waals surface area contributed by atoms with E-state index in [4.69, 9.17) is 9.47 Å². The van der Waals surface area contributed by atoms with Gasteiger partial charge in [0.15, 0.2) is 0 Å². The molecule has 0 amide bonds. The minimum Gasteiger partial charge on any atom is -0.379 e. The Balaban J connectivity index is 3.63. The molecule has 0 radical (unpaired) electrons. The molecule has 0 aromatic heterocycles. The second-order valence-electron chi connectivity index (χ2n) is 14.9. The van der Waals surface area contributed by atoms with Crippen LogP contribution in [0.5, 0.6) is 0 Å². The first-order valence-electron chi connectivity index (χ1n) is 20.3. The summed E-state index contributed by atoms with van der Waals surface area (Å²) in [7, 11) is 6.77. The van der Waals surface area contributed by atoms with Gasteiger partial charge in [0.05, 0.1) is 27.7 Å². The molecule has 0 aliphatic rings. The molecule has 3 nitrogen and oxygen atoms in total. The van der Waals surface area contributed by atoms with Crippen LogP contribution in [-0.4, -0.2) is 58.1 Å². The normalized spacial score (nSPS) is 13.1. The van der Waals surface area contributed by atoms with Crippen LogP contribution >= 0.6 is 0 Å². The second-order valence-corrected chi connectivity index (χ2v) is 14.9. The zero-order valence-electron chi connectivity index (χ0n) is 31.8. The van der Waals surface area contributed by atoms with Crippen molar-refractivity contribution in [3.05, 3.63) is 24.3 Å². The average molecular weight is 635 g/mol. The summed E-state index contributed by atoms with van der Waals surface area (Å²) in [6, 6.07) is 0. The van der Waals surface area contributed by atoms with Crippen molar-refractivity contribution in [2.24, 2.45) is 0 Å². The Kier molecular flexibility index (Phi) is 35.7. The lowest BCUT2D eigenvalue weighted by Gasteiger charge is -2.29. The van der Waals surface area contributed by atoms with Gasteiger partial charge in [0, 0.05) is 13.2 Å². The molecule has 0 fully saturated rings. The lowest BCUT2D eigenvalue weighted by Crippen LogP contribution is -2.44. The third kappa shape index (κ3) is 39.5. The quantitative estimate of drug-likeness (QED) is 0.0384. The molecule has 0 unspecified atom stereocenters. The van der Waals surface area contributed by atoms with Crippen molar-refractivity contribution in [1.29, 1.82) is 0 Å². The van der Waals surface area contributed by atoms with Gasteiger partial charge in [-0.25, -0.2) is 0 Å². The second kappa shape index (κ2) is 36.2. The van der Waals surface area contributed by atoms with Crippen molar-refractivity contribution >= 4 is 0 Å². The maximum Gasteiger partial charge on any atom is 0.130 e. The van der Waals surface area contributed by atoms with E-state index in [1.165, 1.54) is 180 Å². The predicted molar refractivity (Wildman–Crippen MR) is 202 cm³/mol. The minimum absolute atomic E-state index is 0.210. The summed E-state index contributed by atoms with van der Waals surface area (Å²) in [6.45, 7) is 8.10. The van der Waals surface area contributed by atoms with E-state index in [0.717, 1.165) is 30.8 Å². The van der Waals surface area contributed by atoms with E-state index in [1.54, 1.807) is 0 Å². The zero-order valence-corrected chi connectivity index (χ0v) is 31.8. The Morgan fingerprint density at radius 1 is 0.422 bits per heavy atom. The molecule has 45 heavy (non-hydrogen) atoms. The van der Waals surface area contributed by atoms with Crippen LogP contribution in [0.25, 0.3) is 0 Å². The van der Waals surface area contributed by atoms with E-state index in [2.05, 4.69) is 59.3 Å². The molecule has 0 bridgehead atoms. The number of ether oxygens (including phenoxy) is 2. The summed E-state index contributed by atoms with van der Waals surface area (Å²) in [6.07, 6.45) is 47.6. The molecule has 1 atom stereocenters. The van der Waals surface area contributed by atoms with Crippen LogP contribution in [0.15, 0.2) is 24.3 Å². The summed E-state index contributed by atoms with van der Waals surface area (Å²) in [4.78, 5) is 0. The molecule has 0 aromatic carbocycles. The maximum atomic E-state index is 6.32. The van der Waals surface area contributed by atoms with Gasteiger partial charge in [-0.2, -0.15) is 0 Å². The monoisotopic (exact) mass is 635 g/mol. The van der Waals surface area contributed by atoms with E-state index in [0.29, 0.717) is 0 Å². The number of hydrogen-bond acceptors (Lipinski definition) is 2. The molecule has 0 saturated carbocycles. The molecular weight excluding hydrogens is 550 g/mol. The minimum atomic E-state index is 0.210. The number of hydrogen-bond donors (Lipinski definition) is 0. The van der Waals surface area contributed by atoms with E-state index in [1.807, 2.05) is 0 Å². The van der Waals surface area contributed by atoms with Gasteiger partial charge < -0.3 is 14.0 Å². The Labute approximate surface area is 285 Å². The van der Waals surface area contributed by atoms with Crippen LogP contribution in [0.2, 0.25) is 0 Å². The Morgan fingerprint density at radius 2 is 0.756 bits per heavy atom. The first-order valence-corrected chi connectivity index (χ1v) is 20.3. The lowest BCUT2D eigenvalue weighted by atomic mass is 10.1. The van der Waals surface area contributed by atoms with E-state index in [9.17, 15) is 0 Å². The van der Waals surface area contributed by atoms with Crippen molar-refractivity contribution in [2.45, 2.75) is 200 Å². The van der Waals surface area contributed by atoms with E-state index in [-0.39, 0.29) is 6.10 Å². The number of likely N-dealkylation sites (N-methyl/N-ethyl adjacent to an activating group) is 1. The standard InChI is InChI=1S/C42H84NO2/c1-6-8-10-12-14-16-18-20-22-24-26-28-30-32-34-36-38-44-41-42(40-43(3,4)5)45-39-37-35-33-31-29-27-25-23-21-19-17-15-13-11-9-7-2/h20-23,42H,6-19,24-41H2,1-5H3/q+1/b22-20-,23-21-/t42-/m1/s1. The van der Waals surface area contributed by atoms with Gasteiger partial charge in [-0.05, 0) is 64.2 Å². The molecule has 0 aromatic rings. The number of quaternary nitrogens is 1. The Morgan fingerprint density at radius 3 is 1.13 bits per heavy atom. The summed E-state index contributed by atoms with van der Waals surface area (Å²) in [5, 5.41) is 0. The van der Waals surface area contributed by atoms with Crippen molar-refractivity contribution in [2.75, 3.05) is 47.5 Å². The van der Waals surface area contributed by atoms with Gasteiger partial charge in [-0.3, -0.25) is 0 Å². The summed E-state index contributed by atoms with van der Waals surface area (Å²) >= 11 is 0. The van der Waals surface area contributed by atoms with Crippen LogP contribution < -0.4 is 0 Å². The van der Waals surface area contributed by atoms with Gasteiger partial charge in [-0.15, -0.1) is 0 Å². The van der Waals surface area contributed by atoms with Crippen LogP contribution in [0.4, 0.5) is 0 Å². The molecule has 0 aliphatic carbocycles. The molecule has 0 rings (SSSR count). The molecule has 0 spiro atoms. The van der Waals surface area contributed by atoms with Crippen LogP contribution in [0.1, 0.15) is 194 Å². The molecule has 268 valence electrons. The molecule has 0 N–H and O–H groups in total. The Bertz CT molecular complexity index is 608. The molecule has 0 heterocycles. The number of nitrogens with zero attached hydrogens (tertiary/aromatic N) is 1. The zero-order chi connectivity index (χ0) is 32.9. The highest BCUT2D eigenvalue weighted by molar-refractivity contribution is 4.82. The Hall–Kier alpha value is -0.640. The first-order chi connectivity index (χ1) is 22.0. The largest absolute Gasteiger partial charge is 0.379 e. The average Bonchev–Trinajstić information content (AvgIpc) is 3.01. The molecular formula is C42H84NO2+. The van der Waals surface area contributed by atoms with Gasteiger partial charge in [0.1, 0.15) is 12.6 Å². The number of allylic oxidation sites excluding steroid dienone is 4. The predicted octanol–water partition coefficient (Wildman–Crippen LogP) is 13.2. The van der Waals surface area contributed by atoms with E-state index < -0.39 is 0 Å². The number of rotatable bonds is 37. The third-order valence-corrected chi connectivity index (χ3v) is 8.87. The van der Waals surface area contributed by atoms with E-state index >= 15 is 0 Å².